The molecule has 3 aromatic rings. The van der Waals surface area contributed by atoms with Crippen LogP contribution in [0.2, 0.25) is 10.0 Å². The maximum Gasteiger partial charge on any atom is 0.435 e. The van der Waals surface area contributed by atoms with E-state index in [9.17, 15) is 22.4 Å². The zero-order valence-corrected chi connectivity index (χ0v) is 15.4. The van der Waals surface area contributed by atoms with Crippen molar-refractivity contribution >= 4 is 34.8 Å². The molecule has 0 bridgehead atoms. The summed E-state index contributed by atoms with van der Waals surface area (Å²) in [5, 5.41) is 1.95. The van der Waals surface area contributed by atoms with Crippen LogP contribution in [0.15, 0.2) is 53.3 Å². The van der Waals surface area contributed by atoms with Crippen LogP contribution in [0, 0.1) is 5.82 Å². The van der Waals surface area contributed by atoms with E-state index in [1.165, 1.54) is 30.3 Å². The number of alkyl halides is 3. The zero-order valence-electron chi connectivity index (χ0n) is 13.9. The Kier molecular flexibility index (Phi) is 5.62. The fourth-order valence-corrected chi connectivity index (χ4v) is 2.87. The largest absolute Gasteiger partial charge is 0.435 e. The van der Waals surface area contributed by atoms with Crippen LogP contribution in [0.1, 0.15) is 11.3 Å². The van der Waals surface area contributed by atoms with Gasteiger partial charge in [-0.05, 0) is 35.9 Å². The molecule has 0 saturated heterocycles. The number of hydrogen-bond donors (Lipinski definition) is 1. The van der Waals surface area contributed by atoms with E-state index in [0.29, 0.717) is 16.3 Å². The molecule has 4 nitrogen and oxygen atoms in total. The van der Waals surface area contributed by atoms with Crippen LogP contribution in [0.4, 0.5) is 29.2 Å². The molecule has 0 radical (unpaired) electrons. The maximum atomic E-state index is 13.2. The van der Waals surface area contributed by atoms with Crippen LogP contribution in [-0.4, -0.2) is 9.55 Å². The van der Waals surface area contributed by atoms with Gasteiger partial charge in [-0.25, -0.2) is 9.37 Å². The molecule has 10 heteroatoms. The average molecular weight is 432 g/mol. The van der Waals surface area contributed by atoms with Gasteiger partial charge in [0, 0.05) is 10.7 Å². The summed E-state index contributed by atoms with van der Waals surface area (Å²) in [5.41, 5.74) is -1.80. The highest BCUT2D eigenvalue weighted by Gasteiger charge is 2.38. The van der Waals surface area contributed by atoms with Crippen molar-refractivity contribution < 1.29 is 17.6 Å². The van der Waals surface area contributed by atoms with Crippen molar-refractivity contribution in [2.75, 3.05) is 5.32 Å². The van der Waals surface area contributed by atoms with Crippen LogP contribution in [-0.2, 0) is 12.7 Å². The molecule has 28 heavy (non-hydrogen) atoms. The number of nitrogens with zero attached hydrogens (tertiary/aromatic N) is 2. The van der Waals surface area contributed by atoms with Crippen molar-refractivity contribution in [2.24, 2.45) is 0 Å². The van der Waals surface area contributed by atoms with E-state index in [4.69, 9.17) is 23.2 Å². The van der Waals surface area contributed by atoms with Crippen LogP contribution in [0.25, 0.3) is 0 Å². The van der Waals surface area contributed by atoms with Gasteiger partial charge >= 0.3 is 6.18 Å². The molecular weight excluding hydrogens is 421 g/mol. The Bertz CT molecular complexity index is 1070. The van der Waals surface area contributed by atoms with E-state index in [1.54, 1.807) is 18.2 Å². The Morgan fingerprint density at radius 2 is 1.75 bits per heavy atom. The minimum absolute atomic E-state index is 0.174. The third-order valence-corrected chi connectivity index (χ3v) is 4.29. The fourth-order valence-electron chi connectivity index (χ4n) is 2.43. The Morgan fingerprint density at radius 3 is 2.36 bits per heavy atom. The van der Waals surface area contributed by atoms with Gasteiger partial charge in [0.1, 0.15) is 10.8 Å². The molecule has 0 aliphatic rings. The molecule has 0 spiro atoms. The molecular formula is C18H11Cl2F4N3O. The highest BCUT2D eigenvalue weighted by atomic mass is 35.5. The lowest BCUT2D eigenvalue weighted by molar-refractivity contribution is -0.141. The smallest absolute Gasteiger partial charge is 0.325 e. The van der Waals surface area contributed by atoms with E-state index < -0.39 is 28.3 Å². The predicted octanol–water partition coefficient (Wildman–Crippen LogP) is 5.50. The summed E-state index contributed by atoms with van der Waals surface area (Å²) in [6, 6.07) is 11.3. The van der Waals surface area contributed by atoms with Crippen molar-refractivity contribution in [2.45, 2.75) is 12.7 Å². The van der Waals surface area contributed by atoms with Crippen LogP contribution in [0.5, 0.6) is 0 Å². The summed E-state index contributed by atoms with van der Waals surface area (Å²) in [6.07, 6.45) is -4.92. The summed E-state index contributed by atoms with van der Waals surface area (Å²) in [4.78, 5) is 16.1. The highest BCUT2D eigenvalue weighted by Crippen LogP contribution is 2.33. The van der Waals surface area contributed by atoms with E-state index in [2.05, 4.69) is 10.3 Å². The number of benzene rings is 2. The second-order valence-electron chi connectivity index (χ2n) is 5.75. The highest BCUT2D eigenvalue weighted by molar-refractivity contribution is 6.31. The summed E-state index contributed by atoms with van der Waals surface area (Å²) in [7, 11) is 0. The van der Waals surface area contributed by atoms with Crippen LogP contribution in [0.3, 0.4) is 0 Å². The number of anilines is 2. The molecule has 1 aromatic heterocycles. The van der Waals surface area contributed by atoms with Crippen molar-refractivity contribution in [3.05, 3.63) is 86.0 Å². The third kappa shape index (κ3) is 4.45. The zero-order chi connectivity index (χ0) is 20.5. The van der Waals surface area contributed by atoms with Crippen molar-refractivity contribution in [1.82, 2.24) is 9.55 Å². The molecule has 0 aliphatic carbocycles. The number of hydrogen-bond acceptors (Lipinski definition) is 3. The summed E-state index contributed by atoms with van der Waals surface area (Å²) < 4.78 is 53.7. The van der Waals surface area contributed by atoms with Gasteiger partial charge in [-0.15, -0.1) is 0 Å². The van der Waals surface area contributed by atoms with E-state index in [1.807, 2.05) is 0 Å². The van der Waals surface area contributed by atoms with E-state index in [-0.39, 0.29) is 12.5 Å². The average Bonchev–Trinajstić information content (AvgIpc) is 2.62. The van der Waals surface area contributed by atoms with Gasteiger partial charge in [0.15, 0.2) is 5.69 Å². The lowest BCUT2D eigenvalue weighted by Gasteiger charge is -2.17. The molecule has 0 atom stereocenters. The molecule has 1 heterocycles. The van der Waals surface area contributed by atoms with Crippen LogP contribution >= 0.6 is 23.2 Å². The van der Waals surface area contributed by atoms with Gasteiger partial charge in [0.2, 0.25) is 5.95 Å². The molecule has 146 valence electrons. The number of nitrogens with one attached hydrogen (secondary N) is 1. The Hall–Kier alpha value is -2.58. The number of halogens is 6. The molecule has 0 fully saturated rings. The predicted molar refractivity (Wildman–Crippen MR) is 98.7 cm³/mol. The first-order valence-electron chi connectivity index (χ1n) is 7.79. The Morgan fingerprint density at radius 1 is 1.07 bits per heavy atom. The molecule has 0 saturated carbocycles. The molecule has 2 aromatic carbocycles. The topological polar surface area (TPSA) is 46.9 Å². The second-order valence-corrected chi connectivity index (χ2v) is 6.56. The third-order valence-electron chi connectivity index (χ3n) is 3.72. The normalized spacial score (nSPS) is 11.5. The number of rotatable bonds is 4. The fraction of sp³-hybridized carbons (Fsp3) is 0.111. The van der Waals surface area contributed by atoms with Gasteiger partial charge in [0.25, 0.3) is 5.56 Å². The molecule has 1 N–H and O–H groups in total. The Balaban J connectivity index is 2.13. The van der Waals surface area contributed by atoms with E-state index >= 15 is 0 Å². The van der Waals surface area contributed by atoms with Gasteiger partial charge in [-0.2, -0.15) is 13.2 Å². The van der Waals surface area contributed by atoms with E-state index in [0.717, 1.165) is 4.57 Å². The first-order valence-corrected chi connectivity index (χ1v) is 8.55. The summed E-state index contributed by atoms with van der Waals surface area (Å²) in [6.45, 7) is -0.174. The molecule has 0 unspecified atom stereocenters. The second kappa shape index (κ2) is 7.81. The minimum atomic E-state index is -4.92. The standard InChI is InChI=1S/C18H11Cl2F4N3O/c19-11-2-1-3-13(8-11)25-17-26-15(18(22,23)24)14(20)16(28)27(17)9-10-4-6-12(21)7-5-10/h1-8H,9H2,(H,25,26). The summed E-state index contributed by atoms with van der Waals surface area (Å²) in [5.74, 6) is -0.870. The number of aromatic nitrogens is 2. The van der Waals surface area contributed by atoms with Gasteiger partial charge in [0.05, 0.1) is 6.54 Å². The summed E-state index contributed by atoms with van der Waals surface area (Å²) >= 11 is 11.5. The molecule has 0 aliphatic heterocycles. The van der Waals surface area contributed by atoms with Gasteiger partial charge in [-0.1, -0.05) is 41.4 Å². The Labute approximate surface area is 166 Å². The lowest BCUT2D eigenvalue weighted by Crippen LogP contribution is -2.29. The lowest BCUT2D eigenvalue weighted by atomic mass is 10.2. The SMILES string of the molecule is O=c1c(Cl)c(C(F)(F)F)nc(Nc2cccc(Cl)c2)n1Cc1ccc(F)cc1. The van der Waals surface area contributed by atoms with Crippen molar-refractivity contribution in [3.8, 4) is 0 Å². The first-order chi connectivity index (χ1) is 13.1. The molecule has 0 amide bonds. The van der Waals surface area contributed by atoms with Gasteiger partial charge in [-0.3, -0.25) is 9.36 Å². The molecule has 3 rings (SSSR count). The van der Waals surface area contributed by atoms with Crippen LogP contribution < -0.4 is 10.9 Å². The van der Waals surface area contributed by atoms with Crippen molar-refractivity contribution in [3.63, 3.8) is 0 Å². The minimum Gasteiger partial charge on any atom is -0.325 e. The monoisotopic (exact) mass is 431 g/mol. The van der Waals surface area contributed by atoms with Crippen molar-refractivity contribution in [1.29, 1.82) is 0 Å². The van der Waals surface area contributed by atoms with Gasteiger partial charge < -0.3 is 5.32 Å². The first kappa shape index (κ1) is 20.2. The maximum absolute atomic E-state index is 13.2. The quantitative estimate of drug-likeness (QED) is 0.554.